The molecule has 2 unspecified atom stereocenters. The van der Waals surface area contributed by atoms with Crippen molar-refractivity contribution in [3.63, 3.8) is 0 Å². The minimum absolute atomic E-state index is 0.526. The number of nitrogens with one attached hydrogen (secondary N) is 2. The Morgan fingerprint density at radius 2 is 2.32 bits per heavy atom. The molecule has 0 bridgehead atoms. The molecule has 22 heavy (non-hydrogen) atoms. The highest BCUT2D eigenvalue weighted by atomic mass is 15.3. The summed E-state index contributed by atoms with van der Waals surface area (Å²) in [6, 6.07) is 2.54. The van der Waals surface area contributed by atoms with Gasteiger partial charge in [0.1, 0.15) is 0 Å². The van der Waals surface area contributed by atoms with Crippen LogP contribution in [0.2, 0.25) is 0 Å². The Bertz CT molecular complexity index is 481. The van der Waals surface area contributed by atoms with Crippen molar-refractivity contribution in [3.05, 3.63) is 18.0 Å². The van der Waals surface area contributed by atoms with Crippen LogP contribution in [0.3, 0.4) is 0 Å². The van der Waals surface area contributed by atoms with Crippen LogP contribution in [0.25, 0.3) is 0 Å². The first-order valence-corrected chi connectivity index (χ1v) is 8.25. The number of rotatable bonds is 5. The molecular formula is C16H30N6. The van der Waals surface area contributed by atoms with Crippen molar-refractivity contribution < 1.29 is 0 Å². The van der Waals surface area contributed by atoms with Crippen LogP contribution in [0.4, 0.5) is 0 Å². The number of nitrogens with zero attached hydrogens (tertiary/aromatic N) is 4. The Hall–Kier alpha value is -1.56. The first kappa shape index (κ1) is 16.8. The minimum atomic E-state index is 0.526. The maximum absolute atomic E-state index is 4.30. The van der Waals surface area contributed by atoms with Crippen molar-refractivity contribution in [3.8, 4) is 0 Å². The summed E-state index contributed by atoms with van der Waals surface area (Å²) >= 11 is 0. The van der Waals surface area contributed by atoms with Crippen LogP contribution in [0.5, 0.6) is 0 Å². The Morgan fingerprint density at radius 1 is 1.50 bits per heavy atom. The van der Waals surface area contributed by atoms with Gasteiger partial charge in [-0.3, -0.25) is 14.6 Å². The summed E-state index contributed by atoms with van der Waals surface area (Å²) in [6.45, 7) is 8.71. The number of guanidine groups is 1. The summed E-state index contributed by atoms with van der Waals surface area (Å²) in [5.41, 5.74) is 1.14. The van der Waals surface area contributed by atoms with Gasteiger partial charge in [-0.15, -0.1) is 0 Å². The molecular weight excluding hydrogens is 276 g/mol. The highest BCUT2D eigenvalue weighted by molar-refractivity contribution is 5.79. The third-order valence-electron chi connectivity index (χ3n) is 4.46. The zero-order valence-corrected chi connectivity index (χ0v) is 14.3. The zero-order chi connectivity index (χ0) is 15.9. The average molecular weight is 306 g/mol. The molecule has 0 radical (unpaired) electrons. The molecule has 2 heterocycles. The molecule has 2 N–H and O–H groups in total. The Labute approximate surface area is 134 Å². The first-order valence-electron chi connectivity index (χ1n) is 8.25. The summed E-state index contributed by atoms with van der Waals surface area (Å²) < 4.78 is 1.87. The molecule has 1 aromatic heterocycles. The number of hydrogen-bond acceptors (Lipinski definition) is 3. The summed E-state index contributed by atoms with van der Waals surface area (Å²) in [4.78, 5) is 6.87. The van der Waals surface area contributed by atoms with Gasteiger partial charge in [0.25, 0.3) is 0 Å². The first-order chi connectivity index (χ1) is 10.6. The van der Waals surface area contributed by atoms with E-state index in [9.17, 15) is 0 Å². The molecule has 2 rings (SSSR count). The normalized spacial score (nSPS) is 21.6. The fourth-order valence-corrected chi connectivity index (χ4v) is 2.97. The second-order valence-electron chi connectivity index (χ2n) is 6.34. The molecule has 2 atom stereocenters. The van der Waals surface area contributed by atoms with Crippen molar-refractivity contribution >= 4 is 5.96 Å². The molecule has 6 heteroatoms. The number of likely N-dealkylation sites (tertiary alicyclic amines) is 1. The van der Waals surface area contributed by atoms with Crippen LogP contribution in [0.1, 0.15) is 32.4 Å². The number of piperidine rings is 1. The van der Waals surface area contributed by atoms with Gasteiger partial charge in [-0.2, -0.15) is 5.10 Å². The van der Waals surface area contributed by atoms with E-state index in [0.717, 1.165) is 30.7 Å². The average Bonchev–Trinajstić information content (AvgIpc) is 2.92. The van der Waals surface area contributed by atoms with Gasteiger partial charge in [0.05, 0.1) is 12.2 Å². The van der Waals surface area contributed by atoms with Gasteiger partial charge in [0, 0.05) is 39.4 Å². The maximum Gasteiger partial charge on any atom is 0.191 e. The summed E-state index contributed by atoms with van der Waals surface area (Å²) in [5.74, 6) is 1.66. The molecule has 0 amide bonds. The van der Waals surface area contributed by atoms with Gasteiger partial charge in [0.2, 0.25) is 0 Å². The van der Waals surface area contributed by atoms with E-state index in [-0.39, 0.29) is 0 Å². The lowest BCUT2D eigenvalue weighted by atomic mass is 9.99. The third-order valence-corrected chi connectivity index (χ3v) is 4.46. The topological polar surface area (TPSA) is 57.5 Å². The van der Waals surface area contributed by atoms with Crippen LogP contribution in [-0.2, 0) is 13.6 Å². The van der Waals surface area contributed by atoms with Crippen molar-refractivity contribution in [2.45, 2.75) is 39.3 Å². The number of aliphatic imine (C=N–C) groups is 1. The smallest absolute Gasteiger partial charge is 0.191 e. The molecule has 1 aromatic rings. The predicted octanol–water partition coefficient (Wildman–Crippen LogP) is 1.21. The maximum atomic E-state index is 4.30. The highest BCUT2D eigenvalue weighted by Crippen LogP contribution is 2.17. The number of hydrogen-bond donors (Lipinski definition) is 2. The van der Waals surface area contributed by atoms with Crippen LogP contribution in [0, 0.1) is 5.92 Å². The van der Waals surface area contributed by atoms with Crippen molar-refractivity contribution in [2.24, 2.45) is 18.0 Å². The predicted molar refractivity (Wildman–Crippen MR) is 90.8 cm³/mol. The van der Waals surface area contributed by atoms with E-state index in [1.807, 2.05) is 31.0 Å². The van der Waals surface area contributed by atoms with E-state index in [4.69, 9.17) is 0 Å². The number of aryl methyl sites for hydroxylation is 1. The van der Waals surface area contributed by atoms with Crippen molar-refractivity contribution in [1.29, 1.82) is 0 Å². The fourth-order valence-electron chi connectivity index (χ4n) is 2.97. The number of aromatic nitrogens is 2. The van der Waals surface area contributed by atoms with Crippen molar-refractivity contribution in [2.75, 3.05) is 26.7 Å². The SMILES string of the molecule is CN=C(NCc1ccnn1C)NCC(C)N1CCCC(C)C1. The molecule has 1 aliphatic heterocycles. The van der Waals surface area contributed by atoms with Gasteiger partial charge in [0.15, 0.2) is 5.96 Å². The van der Waals surface area contributed by atoms with Crippen LogP contribution in [-0.4, -0.2) is 53.4 Å². The van der Waals surface area contributed by atoms with E-state index in [0.29, 0.717) is 6.04 Å². The molecule has 0 aliphatic carbocycles. The molecule has 6 nitrogen and oxygen atoms in total. The lowest BCUT2D eigenvalue weighted by molar-refractivity contribution is 0.139. The second kappa shape index (κ2) is 8.17. The molecule has 0 aromatic carbocycles. The lowest BCUT2D eigenvalue weighted by Crippen LogP contribution is -2.48. The monoisotopic (exact) mass is 306 g/mol. The van der Waals surface area contributed by atoms with E-state index in [1.165, 1.54) is 25.9 Å². The van der Waals surface area contributed by atoms with E-state index in [2.05, 4.69) is 39.5 Å². The molecule has 1 aliphatic rings. The van der Waals surface area contributed by atoms with Gasteiger partial charge in [-0.25, -0.2) is 0 Å². The standard InChI is InChI=1S/C16H30N6/c1-13-6-5-9-22(12-13)14(2)10-18-16(17-3)19-11-15-7-8-20-21(15)4/h7-8,13-14H,5-6,9-12H2,1-4H3,(H2,17,18,19). The van der Waals surface area contributed by atoms with Crippen molar-refractivity contribution in [1.82, 2.24) is 25.3 Å². The molecule has 1 saturated heterocycles. The van der Waals surface area contributed by atoms with E-state index in [1.54, 1.807) is 0 Å². The summed E-state index contributed by atoms with van der Waals surface area (Å²) in [6.07, 6.45) is 4.50. The Kier molecular flexibility index (Phi) is 6.24. The third kappa shape index (κ3) is 4.73. The molecule has 0 saturated carbocycles. The Morgan fingerprint density at radius 3 is 2.95 bits per heavy atom. The van der Waals surface area contributed by atoms with Gasteiger partial charge in [-0.1, -0.05) is 6.92 Å². The fraction of sp³-hybridized carbons (Fsp3) is 0.750. The second-order valence-corrected chi connectivity index (χ2v) is 6.34. The molecule has 0 spiro atoms. The van der Waals surface area contributed by atoms with Gasteiger partial charge in [-0.05, 0) is 38.3 Å². The van der Waals surface area contributed by atoms with Gasteiger partial charge >= 0.3 is 0 Å². The van der Waals surface area contributed by atoms with Crippen LogP contribution in [0.15, 0.2) is 17.3 Å². The quantitative estimate of drug-likeness (QED) is 0.634. The molecule has 1 fully saturated rings. The van der Waals surface area contributed by atoms with E-state index >= 15 is 0 Å². The van der Waals surface area contributed by atoms with Crippen LogP contribution >= 0.6 is 0 Å². The zero-order valence-electron chi connectivity index (χ0n) is 14.3. The summed E-state index contributed by atoms with van der Waals surface area (Å²) in [7, 11) is 3.76. The van der Waals surface area contributed by atoms with E-state index < -0.39 is 0 Å². The summed E-state index contributed by atoms with van der Waals surface area (Å²) in [5, 5.41) is 10.9. The van der Waals surface area contributed by atoms with Crippen LogP contribution < -0.4 is 10.6 Å². The minimum Gasteiger partial charge on any atom is -0.355 e. The lowest BCUT2D eigenvalue weighted by Gasteiger charge is -2.35. The Balaban J connectivity index is 1.75. The van der Waals surface area contributed by atoms with Gasteiger partial charge < -0.3 is 10.6 Å². The molecule has 124 valence electrons. The highest BCUT2D eigenvalue weighted by Gasteiger charge is 2.20. The largest absolute Gasteiger partial charge is 0.355 e.